The minimum Gasteiger partial charge on any atom is -0.311 e. The summed E-state index contributed by atoms with van der Waals surface area (Å²) in [4.78, 5) is 0. The van der Waals surface area contributed by atoms with Crippen molar-refractivity contribution in [3.63, 3.8) is 0 Å². The predicted octanol–water partition coefficient (Wildman–Crippen LogP) is 2.25. The lowest BCUT2D eigenvalue weighted by atomic mass is 9.89. The van der Waals surface area contributed by atoms with Crippen LogP contribution in [0, 0.1) is 24.7 Å². The summed E-state index contributed by atoms with van der Waals surface area (Å²) in [5.41, 5.74) is 2.41. The van der Waals surface area contributed by atoms with Crippen LogP contribution in [-0.4, -0.2) is 16.3 Å². The number of aromatic nitrogens is 2. The van der Waals surface area contributed by atoms with Crippen LogP contribution in [-0.2, 0) is 13.6 Å². The third-order valence-corrected chi connectivity index (χ3v) is 4.70. The molecule has 1 aromatic rings. The molecule has 3 rings (SSSR count). The molecule has 17 heavy (non-hydrogen) atoms. The maximum atomic E-state index is 4.38. The Balaban J connectivity index is 1.48. The molecule has 0 radical (unpaired) electrons. The number of hydrogen-bond donors (Lipinski definition) is 1. The Kier molecular flexibility index (Phi) is 2.95. The van der Waals surface area contributed by atoms with Gasteiger partial charge in [0.15, 0.2) is 0 Å². The molecule has 3 unspecified atom stereocenters. The van der Waals surface area contributed by atoms with E-state index in [1.165, 1.54) is 37.9 Å². The summed E-state index contributed by atoms with van der Waals surface area (Å²) in [5, 5.41) is 8.00. The van der Waals surface area contributed by atoms with E-state index >= 15 is 0 Å². The minimum absolute atomic E-state index is 0.947. The summed E-state index contributed by atoms with van der Waals surface area (Å²) in [6, 6.07) is 2.17. The smallest absolute Gasteiger partial charge is 0.0597 e. The van der Waals surface area contributed by atoms with Crippen LogP contribution in [0.15, 0.2) is 6.07 Å². The van der Waals surface area contributed by atoms with Crippen molar-refractivity contribution in [3.05, 3.63) is 17.5 Å². The van der Waals surface area contributed by atoms with Gasteiger partial charge in [0, 0.05) is 13.6 Å². The van der Waals surface area contributed by atoms with Crippen LogP contribution in [0.3, 0.4) is 0 Å². The number of nitrogens with zero attached hydrogens (tertiary/aromatic N) is 2. The Morgan fingerprint density at radius 2 is 2.29 bits per heavy atom. The zero-order valence-corrected chi connectivity index (χ0v) is 10.9. The van der Waals surface area contributed by atoms with E-state index in [2.05, 4.69) is 23.4 Å². The van der Waals surface area contributed by atoms with Crippen molar-refractivity contribution in [3.8, 4) is 0 Å². The molecule has 2 fully saturated rings. The lowest BCUT2D eigenvalue weighted by Crippen LogP contribution is -2.26. The maximum absolute atomic E-state index is 4.38. The molecule has 0 saturated heterocycles. The first kappa shape index (κ1) is 11.3. The molecule has 3 nitrogen and oxygen atoms in total. The molecule has 3 atom stereocenters. The SMILES string of the molecule is Cc1cc(CNCC2CC3CCC2C3)n(C)n1. The molecule has 2 bridgehead atoms. The zero-order chi connectivity index (χ0) is 11.8. The van der Waals surface area contributed by atoms with Crippen molar-refractivity contribution in [2.75, 3.05) is 6.54 Å². The van der Waals surface area contributed by atoms with Crippen LogP contribution in [0.5, 0.6) is 0 Å². The molecular formula is C14H23N3. The van der Waals surface area contributed by atoms with Crippen LogP contribution < -0.4 is 5.32 Å². The van der Waals surface area contributed by atoms with Gasteiger partial charge in [0.2, 0.25) is 0 Å². The fourth-order valence-corrected chi connectivity index (χ4v) is 3.84. The largest absolute Gasteiger partial charge is 0.311 e. The summed E-state index contributed by atoms with van der Waals surface area (Å²) >= 11 is 0. The van der Waals surface area contributed by atoms with Crippen molar-refractivity contribution in [1.29, 1.82) is 0 Å². The van der Waals surface area contributed by atoms with Gasteiger partial charge in [-0.1, -0.05) is 6.42 Å². The molecule has 1 aromatic heterocycles. The zero-order valence-electron chi connectivity index (χ0n) is 10.9. The Hall–Kier alpha value is -0.830. The van der Waals surface area contributed by atoms with E-state index in [9.17, 15) is 0 Å². The number of aryl methyl sites for hydroxylation is 2. The molecule has 2 aliphatic rings. The molecule has 1 heterocycles. The van der Waals surface area contributed by atoms with Crippen LogP contribution in [0.1, 0.15) is 37.1 Å². The van der Waals surface area contributed by atoms with E-state index in [0.717, 1.165) is 30.0 Å². The van der Waals surface area contributed by atoms with Gasteiger partial charge >= 0.3 is 0 Å². The summed E-state index contributed by atoms with van der Waals surface area (Å²) in [5.74, 6) is 3.04. The Labute approximate surface area is 104 Å². The second-order valence-electron chi connectivity index (χ2n) is 5.97. The fourth-order valence-electron chi connectivity index (χ4n) is 3.84. The van der Waals surface area contributed by atoms with Gasteiger partial charge in [-0.15, -0.1) is 0 Å². The van der Waals surface area contributed by atoms with Gasteiger partial charge in [-0.05, 0) is 56.6 Å². The topological polar surface area (TPSA) is 29.9 Å². The molecular weight excluding hydrogens is 210 g/mol. The average molecular weight is 233 g/mol. The molecule has 94 valence electrons. The van der Waals surface area contributed by atoms with Gasteiger partial charge in [0.25, 0.3) is 0 Å². The second kappa shape index (κ2) is 4.45. The highest BCUT2D eigenvalue weighted by atomic mass is 15.3. The second-order valence-corrected chi connectivity index (χ2v) is 5.97. The molecule has 2 aliphatic carbocycles. The van der Waals surface area contributed by atoms with Gasteiger partial charge < -0.3 is 5.32 Å². The minimum atomic E-state index is 0.947. The third kappa shape index (κ3) is 2.25. The summed E-state index contributed by atoms with van der Waals surface area (Å²) < 4.78 is 1.99. The molecule has 0 spiro atoms. The highest BCUT2D eigenvalue weighted by molar-refractivity contribution is 5.08. The molecule has 0 aliphatic heterocycles. The van der Waals surface area contributed by atoms with Crippen LogP contribution in [0.2, 0.25) is 0 Å². The lowest BCUT2D eigenvalue weighted by Gasteiger charge is -2.21. The van der Waals surface area contributed by atoms with E-state index in [4.69, 9.17) is 0 Å². The van der Waals surface area contributed by atoms with Gasteiger partial charge in [-0.25, -0.2) is 0 Å². The van der Waals surface area contributed by atoms with E-state index in [0.29, 0.717) is 0 Å². The third-order valence-electron chi connectivity index (χ3n) is 4.70. The molecule has 2 saturated carbocycles. The fraction of sp³-hybridized carbons (Fsp3) is 0.786. The van der Waals surface area contributed by atoms with Crippen LogP contribution in [0.4, 0.5) is 0 Å². The van der Waals surface area contributed by atoms with E-state index < -0.39 is 0 Å². The average Bonchev–Trinajstić information content (AvgIpc) is 2.95. The molecule has 0 aromatic carbocycles. The summed E-state index contributed by atoms with van der Waals surface area (Å²) in [7, 11) is 2.03. The van der Waals surface area contributed by atoms with Gasteiger partial charge in [0.05, 0.1) is 11.4 Å². The standard InChI is InChI=1S/C14H23N3/c1-10-5-14(17(2)16-10)9-15-8-13-7-11-3-4-12(13)6-11/h5,11-13,15H,3-4,6-9H2,1-2H3. The first-order chi connectivity index (χ1) is 8.22. The van der Waals surface area contributed by atoms with Gasteiger partial charge in [0.1, 0.15) is 0 Å². The van der Waals surface area contributed by atoms with Crippen molar-refractivity contribution in [2.45, 2.75) is 39.2 Å². The van der Waals surface area contributed by atoms with E-state index in [1.807, 2.05) is 11.7 Å². The highest BCUT2D eigenvalue weighted by Crippen LogP contribution is 2.47. The predicted molar refractivity (Wildman–Crippen MR) is 68.6 cm³/mol. The number of fused-ring (bicyclic) bond motifs is 2. The maximum Gasteiger partial charge on any atom is 0.0597 e. The first-order valence-electron chi connectivity index (χ1n) is 6.92. The quantitative estimate of drug-likeness (QED) is 0.864. The van der Waals surface area contributed by atoms with Crippen molar-refractivity contribution >= 4 is 0 Å². The lowest BCUT2D eigenvalue weighted by molar-refractivity contribution is 0.317. The molecule has 0 amide bonds. The molecule has 3 heteroatoms. The monoisotopic (exact) mass is 233 g/mol. The van der Waals surface area contributed by atoms with Crippen molar-refractivity contribution < 1.29 is 0 Å². The first-order valence-corrected chi connectivity index (χ1v) is 6.92. The Bertz CT molecular complexity index is 396. The van der Waals surface area contributed by atoms with Crippen LogP contribution in [0.25, 0.3) is 0 Å². The number of rotatable bonds is 4. The Morgan fingerprint density at radius 1 is 1.41 bits per heavy atom. The normalized spacial score (nSPS) is 31.3. The van der Waals surface area contributed by atoms with Crippen LogP contribution >= 0.6 is 0 Å². The number of nitrogens with one attached hydrogen (secondary N) is 1. The van der Waals surface area contributed by atoms with E-state index in [-0.39, 0.29) is 0 Å². The molecule has 1 N–H and O–H groups in total. The highest BCUT2D eigenvalue weighted by Gasteiger charge is 2.38. The van der Waals surface area contributed by atoms with Crippen molar-refractivity contribution in [1.82, 2.24) is 15.1 Å². The van der Waals surface area contributed by atoms with Gasteiger partial charge in [-0.3, -0.25) is 4.68 Å². The summed E-state index contributed by atoms with van der Waals surface area (Å²) in [6.07, 6.45) is 5.98. The van der Waals surface area contributed by atoms with Crippen molar-refractivity contribution in [2.24, 2.45) is 24.8 Å². The van der Waals surface area contributed by atoms with E-state index in [1.54, 1.807) is 0 Å². The van der Waals surface area contributed by atoms with Gasteiger partial charge in [-0.2, -0.15) is 5.10 Å². The number of hydrogen-bond acceptors (Lipinski definition) is 2. The Morgan fingerprint density at radius 3 is 2.88 bits per heavy atom. The summed E-state index contributed by atoms with van der Waals surface area (Å²) in [6.45, 7) is 4.22.